The second kappa shape index (κ2) is 7.62. The van der Waals surface area contributed by atoms with E-state index in [1.165, 1.54) is 6.07 Å². The normalized spacial score (nSPS) is 26.3. The van der Waals surface area contributed by atoms with Gasteiger partial charge in [0.25, 0.3) is 0 Å². The van der Waals surface area contributed by atoms with Gasteiger partial charge in [0.05, 0.1) is 31.3 Å². The highest BCUT2D eigenvalue weighted by atomic mass is 19.1. The van der Waals surface area contributed by atoms with Gasteiger partial charge in [0, 0.05) is 31.7 Å². The molecule has 1 aromatic carbocycles. The highest BCUT2D eigenvalue weighted by Gasteiger charge is 2.54. The van der Waals surface area contributed by atoms with Crippen LogP contribution in [0, 0.1) is 5.82 Å². The van der Waals surface area contributed by atoms with E-state index >= 15 is 0 Å². The molecule has 0 aromatic heterocycles. The third kappa shape index (κ3) is 3.63. The van der Waals surface area contributed by atoms with E-state index in [1.807, 2.05) is 11.0 Å². The Morgan fingerprint density at radius 2 is 2.00 bits per heavy atom. The highest BCUT2D eigenvalue weighted by Crippen LogP contribution is 2.50. The first kappa shape index (κ1) is 17.9. The van der Waals surface area contributed by atoms with Crippen LogP contribution in [0.25, 0.3) is 0 Å². The van der Waals surface area contributed by atoms with Crippen LogP contribution < -0.4 is 0 Å². The van der Waals surface area contributed by atoms with E-state index in [4.69, 9.17) is 9.47 Å². The number of carbonyl (C=O) groups is 1. The molecule has 2 saturated heterocycles. The van der Waals surface area contributed by atoms with Crippen molar-refractivity contribution >= 4 is 5.91 Å². The van der Waals surface area contributed by atoms with Crippen molar-refractivity contribution in [1.82, 2.24) is 9.80 Å². The van der Waals surface area contributed by atoms with Gasteiger partial charge in [0.15, 0.2) is 0 Å². The minimum atomic E-state index is -0.624. The first-order valence-corrected chi connectivity index (χ1v) is 9.65. The number of hydrogen-bond acceptors (Lipinski definition) is 4. The second-order valence-electron chi connectivity index (χ2n) is 7.58. The quantitative estimate of drug-likeness (QED) is 0.819. The lowest BCUT2D eigenvalue weighted by Crippen LogP contribution is -2.43. The van der Waals surface area contributed by atoms with E-state index in [9.17, 15) is 9.18 Å². The Morgan fingerprint density at radius 1 is 1.15 bits per heavy atom. The predicted octanol–water partition coefficient (Wildman–Crippen LogP) is 1.81. The lowest BCUT2D eigenvalue weighted by Gasteiger charge is -2.29. The molecule has 4 rings (SSSR count). The van der Waals surface area contributed by atoms with Gasteiger partial charge in [-0.05, 0) is 31.9 Å². The van der Waals surface area contributed by atoms with Gasteiger partial charge in [-0.15, -0.1) is 0 Å². The maximum Gasteiger partial charge on any atom is 0.233 e. The Labute approximate surface area is 154 Å². The van der Waals surface area contributed by atoms with Crippen molar-refractivity contribution in [2.24, 2.45) is 0 Å². The molecule has 2 aliphatic heterocycles. The van der Waals surface area contributed by atoms with E-state index in [1.54, 1.807) is 12.1 Å². The Bertz CT molecular complexity index is 644. The van der Waals surface area contributed by atoms with Gasteiger partial charge in [-0.1, -0.05) is 18.2 Å². The summed E-state index contributed by atoms with van der Waals surface area (Å²) in [5.74, 6) is -0.161. The molecule has 0 radical (unpaired) electrons. The van der Waals surface area contributed by atoms with Crippen LogP contribution in [0.15, 0.2) is 24.3 Å². The van der Waals surface area contributed by atoms with Crippen LogP contribution in [0.2, 0.25) is 0 Å². The summed E-state index contributed by atoms with van der Waals surface area (Å²) in [4.78, 5) is 17.5. The summed E-state index contributed by atoms with van der Waals surface area (Å²) >= 11 is 0. The molecule has 0 bridgehead atoms. The van der Waals surface area contributed by atoms with Crippen LogP contribution in [0.4, 0.5) is 4.39 Å². The summed E-state index contributed by atoms with van der Waals surface area (Å²) in [6, 6.07) is 6.73. The van der Waals surface area contributed by atoms with Gasteiger partial charge in [-0.3, -0.25) is 9.69 Å². The third-order valence-electron chi connectivity index (χ3n) is 5.77. The molecule has 5 nitrogen and oxygen atoms in total. The minimum absolute atomic E-state index is 0.0988. The Balaban J connectivity index is 1.38. The molecule has 3 aliphatic rings. The van der Waals surface area contributed by atoms with Gasteiger partial charge in [0.1, 0.15) is 5.82 Å². The summed E-state index contributed by atoms with van der Waals surface area (Å²) in [7, 11) is 0. The molecule has 3 fully saturated rings. The van der Waals surface area contributed by atoms with E-state index in [-0.39, 0.29) is 17.8 Å². The average molecular weight is 362 g/mol. The number of halogens is 1. The monoisotopic (exact) mass is 362 g/mol. The van der Waals surface area contributed by atoms with Crippen molar-refractivity contribution in [2.45, 2.75) is 30.8 Å². The fraction of sp³-hybridized carbons (Fsp3) is 0.650. The molecule has 0 N–H and O–H groups in total. The molecular weight excluding hydrogens is 335 g/mol. The molecule has 1 aliphatic carbocycles. The van der Waals surface area contributed by atoms with Crippen molar-refractivity contribution in [3.05, 3.63) is 35.6 Å². The molecule has 26 heavy (non-hydrogen) atoms. The van der Waals surface area contributed by atoms with Crippen LogP contribution in [0.5, 0.6) is 0 Å². The fourth-order valence-corrected chi connectivity index (χ4v) is 4.16. The standard InChI is InChI=1S/C20H27FN2O3/c21-18-5-2-1-4-17(18)20(6-7-20)19(24)23-9-3-8-22(10-11-23)14-16-15-25-12-13-26-16/h1-2,4-5,16H,3,6-15H2. The number of carbonyl (C=O) groups excluding carboxylic acids is 1. The van der Waals surface area contributed by atoms with Gasteiger partial charge < -0.3 is 14.4 Å². The topological polar surface area (TPSA) is 42.0 Å². The highest BCUT2D eigenvalue weighted by molar-refractivity contribution is 5.91. The molecule has 1 amide bonds. The number of hydrogen-bond donors (Lipinski definition) is 0. The molecule has 1 unspecified atom stereocenters. The molecule has 142 valence electrons. The van der Waals surface area contributed by atoms with Crippen molar-refractivity contribution in [1.29, 1.82) is 0 Å². The smallest absolute Gasteiger partial charge is 0.233 e. The summed E-state index contributed by atoms with van der Waals surface area (Å²) in [5.41, 5.74) is -0.0558. The number of rotatable bonds is 4. The van der Waals surface area contributed by atoms with Gasteiger partial charge >= 0.3 is 0 Å². The van der Waals surface area contributed by atoms with Crippen molar-refractivity contribution in [2.75, 3.05) is 52.5 Å². The number of ether oxygens (including phenoxy) is 2. The van der Waals surface area contributed by atoms with Crippen LogP contribution in [-0.4, -0.2) is 74.4 Å². The van der Waals surface area contributed by atoms with E-state index in [0.717, 1.165) is 45.4 Å². The maximum absolute atomic E-state index is 14.3. The summed E-state index contributed by atoms with van der Waals surface area (Å²) in [5, 5.41) is 0. The first-order chi connectivity index (χ1) is 12.7. The second-order valence-corrected chi connectivity index (χ2v) is 7.58. The van der Waals surface area contributed by atoms with Crippen LogP contribution in [0.3, 0.4) is 0 Å². The van der Waals surface area contributed by atoms with Gasteiger partial charge in [-0.2, -0.15) is 0 Å². The van der Waals surface area contributed by atoms with Crippen molar-refractivity contribution < 1.29 is 18.7 Å². The van der Waals surface area contributed by atoms with E-state index in [2.05, 4.69) is 4.90 Å². The molecule has 1 aromatic rings. The lowest BCUT2D eigenvalue weighted by atomic mass is 9.93. The van der Waals surface area contributed by atoms with E-state index < -0.39 is 5.41 Å². The van der Waals surface area contributed by atoms with Crippen LogP contribution in [-0.2, 0) is 19.7 Å². The largest absolute Gasteiger partial charge is 0.376 e. The predicted molar refractivity (Wildman–Crippen MR) is 95.5 cm³/mol. The third-order valence-corrected chi connectivity index (χ3v) is 5.77. The molecule has 6 heteroatoms. The number of nitrogens with zero attached hydrogens (tertiary/aromatic N) is 2. The molecule has 1 atom stereocenters. The van der Waals surface area contributed by atoms with Gasteiger partial charge in [0.2, 0.25) is 5.91 Å². The number of benzene rings is 1. The zero-order chi connectivity index (χ0) is 18.0. The number of amides is 1. The first-order valence-electron chi connectivity index (χ1n) is 9.65. The molecule has 1 saturated carbocycles. The summed E-state index contributed by atoms with van der Waals surface area (Å²) in [6.07, 6.45) is 2.56. The van der Waals surface area contributed by atoms with E-state index in [0.29, 0.717) is 31.9 Å². The maximum atomic E-state index is 14.3. The average Bonchev–Trinajstić information content (AvgIpc) is 3.48. The van der Waals surface area contributed by atoms with Crippen molar-refractivity contribution in [3.8, 4) is 0 Å². The summed E-state index contributed by atoms with van der Waals surface area (Å²) < 4.78 is 25.5. The molecule has 0 spiro atoms. The minimum Gasteiger partial charge on any atom is -0.376 e. The van der Waals surface area contributed by atoms with Crippen molar-refractivity contribution in [3.63, 3.8) is 0 Å². The summed E-state index contributed by atoms with van der Waals surface area (Å²) in [6.45, 7) is 6.06. The Hall–Kier alpha value is -1.50. The zero-order valence-electron chi connectivity index (χ0n) is 15.2. The van der Waals surface area contributed by atoms with Crippen LogP contribution in [0.1, 0.15) is 24.8 Å². The van der Waals surface area contributed by atoms with Crippen LogP contribution >= 0.6 is 0 Å². The Morgan fingerprint density at radius 3 is 2.73 bits per heavy atom. The SMILES string of the molecule is O=C(N1CCCN(CC2COCCO2)CC1)C1(c2ccccc2F)CC1. The lowest BCUT2D eigenvalue weighted by molar-refractivity contribution is -0.134. The van der Waals surface area contributed by atoms with Gasteiger partial charge in [-0.25, -0.2) is 4.39 Å². The molecular formula is C20H27FN2O3. The fourth-order valence-electron chi connectivity index (χ4n) is 4.16. The zero-order valence-corrected chi connectivity index (χ0v) is 15.2. The molecule has 2 heterocycles. The Kier molecular flexibility index (Phi) is 5.25.